The number of hydrogen-bond acceptors (Lipinski definition) is 3. The van der Waals surface area contributed by atoms with Crippen molar-refractivity contribution in [1.29, 1.82) is 0 Å². The molecular weight excluding hydrogens is 282 g/mol. The lowest BCUT2D eigenvalue weighted by Crippen LogP contribution is -2.29. The molecule has 3 rings (SSSR count). The van der Waals surface area contributed by atoms with Gasteiger partial charge in [0.25, 0.3) is 0 Å². The van der Waals surface area contributed by atoms with E-state index in [0.29, 0.717) is 5.76 Å². The standard InChI is InChI=1S/C17H17NO2S/c1-12-6-7-13(20-12)8-9-17(19)18-15-10-11-21-16-5-3-2-4-14(15)16/h2-9,15H,10-11H2,1H3,(H,18,19). The van der Waals surface area contributed by atoms with Crippen LogP contribution in [0.15, 0.2) is 51.8 Å². The number of amides is 1. The fourth-order valence-electron chi connectivity index (χ4n) is 2.41. The third kappa shape index (κ3) is 3.39. The molecule has 0 saturated carbocycles. The van der Waals surface area contributed by atoms with E-state index in [1.807, 2.05) is 43.0 Å². The van der Waals surface area contributed by atoms with Crippen molar-refractivity contribution < 1.29 is 9.21 Å². The predicted molar refractivity (Wildman–Crippen MR) is 85.1 cm³/mol. The maximum atomic E-state index is 12.1. The maximum absolute atomic E-state index is 12.1. The Morgan fingerprint density at radius 3 is 3.00 bits per heavy atom. The summed E-state index contributed by atoms with van der Waals surface area (Å²) in [7, 11) is 0. The molecule has 0 aliphatic carbocycles. The van der Waals surface area contributed by atoms with Crippen molar-refractivity contribution in [2.45, 2.75) is 24.3 Å². The SMILES string of the molecule is Cc1ccc(C=CC(=O)NC2CCSc3ccccc32)o1. The fourth-order valence-corrected chi connectivity index (χ4v) is 3.54. The van der Waals surface area contributed by atoms with Crippen LogP contribution in [0.4, 0.5) is 0 Å². The first-order chi connectivity index (χ1) is 10.2. The van der Waals surface area contributed by atoms with Crippen molar-refractivity contribution in [3.63, 3.8) is 0 Å². The van der Waals surface area contributed by atoms with Gasteiger partial charge < -0.3 is 9.73 Å². The van der Waals surface area contributed by atoms with Gasteiger partial charge in [-0.15, -0.1) is 11.8 Å². The molecule has 1 aromatic carbocycles. The van der Waals surface area contributed by atoms with Gasteiger partial charge in [-0.3, -0.25) is 4.79 Å². The van der Waals surface area contributed by atoms with Gasteiger partial charge in [0.2, 0.25) is 5.91 Å². The monoisotopic (exact) mass is 299 g/mol. The van der Waals surface area contributed by atoms with E-state index in [0.717, 1.165) is 17.9 Å². The first kappa shape index (κ1) is 14.0. The van der Waals surface area contributed by atoms with E-state index in [2.05, 4.69) is 17.4 Å². The Balaban J connectivity index is 1.67. The van der Waals surface area contributed by atoms with Crippen LogP contribution in [0, 0.1) is 6.92 Å². The van der Waals surface area contributed by atoms with Crippen LogP contribution >= 0.6 is 11.8 Å². The number of nitrogens with one attached hydrogen (secondary N) is 1. The molecule has 0 bridgehead atoms. The Labute approximate surface area is 128 Å². The molecule has 0 radical (unpaired) electrons. The summed E-state index contributed by atoms with van der Waals surface area (Å²) in [5.74, 6) is 2.48. The number of carbonyl (C=O) groups excluding carboxylic acids is 1. The smallest absolute Gasteiger partial charge is 0.244 e. The summed E-state index contributed by atoms with van der Waals surface area (Å²) in [6, 6.07) is 12.1. The van der Waals surface area contributed by atoms with Crippen molar-refractivity contribution in [2.24, 2.45) is 0 Å². The lowest BCUT2D eigenvalue weighted by atomic mass is 10.0. The summed E-state index contributed by atoms with van der Waals surface area (Å²) < 4.78 is 5.41. The third-order valence-corrected chi connectivity index (χ3v) is 4.56. The molecule has 21 heavy (non-hydrogen) atoms. The molecule has 3 nitrogen and oxygen atoms in total. The Morgan fingerprint density at radius 2 is 2.19 bits per heavy atom. The minimum atomic E-state index is -0.0873. The number of carbonyl (C=O) groups is 1. The Hall–Kier alpha value is -1.94. The number of aryl methyl sites for hydroxylation is 1. The number of fused-ring (bicyclic) bond motifs is 1. The van der Waals surface area contributed by atoms with Gasteiger partial charge in [0.05, 0.1) is 6.04 Å². The van der Waals surface area contributed by atoms with Gasteiger partial charge in [-0.05, 0) is 43.2 Å². The van der Waals surface area contributed by atoms with Crippen LogP contribution in [0.5, 0.6) is 0 Å². The minimum absolute atomic E-state index is 0.0873. The van der Waals surface area contributed by atoms with Gasteiger partial charge in [0, 0.05) is 16.7 Å². The highest BCUT2D eigenvalue weighted by atomic mass is 32.2. The van der Waals surface area contributed by atoms with E-state index in [9.17, 15) is 4.79 Å². The van der Waals surface area contributed by atoms with Crippen LogP contribution in [-0.4, -0.2) is 11.7 Å². The van der Waals surface area contributed by atoms with E-state index in [4.69, 9.17) is 4.42 Å². The summed E-state index contributed by atoms with van der Waals surface area (Å²) >= 11 is 1.85. The summed E-state index contributed by atoms with van der Waals surface area (Å²) in [6.45, 7) is 1.88. The highest BCUT2D eigenvalue weighted by Crippen LogP contribution is 2.35. The molecule has 108 valence electrons. The zero-order valence-corrected chi connectivity index (χ0v) is 12.7. The fraction of sp³-hybridized carbons (Fsp3) is 0.235. The average molecular weight is 299 g/mol. The molecule has 1 aliphatic rings. The molecule has 1 aliphatic heterocycles. The molecule has 4 heteroatoms. The number of benzene rings is 1. The Morgan fingerprint density at radius 1 is 1.33 bits per heavy atom. The summed E-state index contributed by atoms with van der Waals surface area (Å²) in [4.78, 5) is 13.3. The molecule has 1 N–H and O–H groups in total. The van der Waals surface area contributed by atoms with Crippen LogP contribution in [-0.2, 0) is 4.79 Å². The third-order valence-electron chi connectivity index (χ3n) is 3.44. The van der Waals surface area contributed by atoms with Crippen molar-refractivity contribution in [3.8, 4) is 0 Å². The van der Waals surface area contributed by atoms with E-state index < -0.39 is 0 Å². The van der Waals surface area contributed by atoms with E-state index in [-0.39, 0.29) is 11.9 Å². The minimum Gasteiger partial charge on any atom is -0.462 e. The van der Waals surface area contributed by atoms with Gasteiger partial charge in [-0.1, -0.05) is 18.2 Å². The molecule has 1 unspecified atom stereocenters. The second-order valence-electron chi connectivity index (χ2n) is 5.02. The van der Waals surface area contributed by atoms with E-state index >= 15 is 0 Å². The largest absolute Gasteiger partial charge is 0.462 e. The number of furan rings is 1. The van der Waals surface area contributed by atoms with Gasteiger partial charge >= 0.3 is 0 Å². The molecule has 0 spiro atoms. The summed E-state index contributed by atoms with van der Waals surface area (Å²) in [6.07, 6.45) is 4.19. The van der Waals surface area contributed by atoms with Gasteiger partial charge in [-0.25, -0.2) is 0 Å². The highest BCUT2D eigenvalue weighted by molar-refractivity contribution is 7.99. The molecule has 2 heterocycles. The number of rotatable bonds is 3. The Kier molecular flexibility index (Phi) is 4.15. The Bertz CT molecular complexity index is 675. The zero-order valence-electron chi connectivity index (χ0n) is 11.8. The predicted octanol–water partition coefficient (Wildman–Crippen LogP) is 3.95. The summed E-state index contributed by atoms with van der Waals surface area (Å²) in [5.41, 5.74) is 1.21. The van der Waals surface area contributed by atoms with Crippen molar-refractivity contribution in [3.05, 3.63) is 59.6 Å². The van der Waals surface area contributed by atoms with Gasteiger partial charge in [-0.2, -0.15) is 0 Å². The molecule has 1 atom stereocenters. The van der Waals surface area contributed by atoms with Crippen molar-refractivity contribution in [1.82, 2.24) is 5.32 Å². The average Bonchev–Trinajstić information content (AvgIpc) is 2.91. The van der Waals surface area contributed by atoms with Crippen LogP contribution in [0.1, 0.15) is 29.5 Å². The topological polar surface area (TPSA) is 42.2 Å². The number of hydrogen-bond donors (Lipinski definition) is 1. The van der Waals surface area contributed by atoms with Crippen LogP contribution in [0.3, 0.4) is 0 Å². The van der Waals surface area contributed by atoms with Crippen molar-refractivity contribution >= 4 is 23.7 Å². The lowest BCUT2D eigenvalue weighted by molar-refractivity contribution is -0.117. The van der Waals surface area contributed by atoms with Gasteiger partial charge in [0.15, 0.2) is 0 Å². The van der Waals surface area contributed by atoms with Gasteiger partial charge in [0.1, 0.15) is 11.5 Å². The van der Waals surface area contributed by atoms with Crippen LogP contribution in [0.2, 0.25) is 0 Å². The second kappa shape index (κ2) is 6.22. The molecule has 1 aromatic heterocycles. The zero-order chi connectivity index (χ0) is 14.7. The lowest BCUT2D eigenvalue weighted by Gasteiger charge is -2.25. The van der Waals surface area contributed by atoms with E-state index in [1.54, 1.807) is 6.08 Å². The molecule has 0 saturated heterocycles. The first-order valence-electron chi connectivity index (χ1n) is 6.99. The second-order valence-corrected chi connectivity index (χ2v) is 6.15. The molecule has 0 fully saturated rings. The maximum Gasteiger partial charge on any atom is 0.244 e. The normalized spacial score (nSPS) is 17.7. The quantitative estimate of drug-likeness (QED) is 0.872. The van der Waals surface area contributed by atoms with E-state index in [1.165, 1.54) is 16.5 Å². The highest BCUT2D eigenvalue weighted by Gasteiger charge is 2.20. The first-order valence-corrected chi connectivity index (χ1v) is 7.98. The molecule has 2 aromatic rings. The van der Waals surface area contributed by atoms with Crippen molar-refractivity contribution in [2.75, 3.05) is 5.75 Å². The molecule has 1 amide bonds. The van der Waals surface area contributed by atoms with Crippen LogP contribution < -0.4 is 5.32 Å². The molecular formula is C17H17NO2S. The number of thioether (sulfide) groups is 1. The van der Waals surface area contributed by atoms with Crippen LogP contribution in [0.25, 0.3) is 6.08 Å². The summed E-state index contributed by atoms with van der Waals surface area (Å²) in [5, 5.41) is 3.07.